The first-order chi connectivity index (χ1) is 14.8. The maximum Gasteiger partial charge on any atom is 0.573 e. The number of alkyl halides is 5. The zero-order chi connectivity index (χ0) is 23.8. The van der Waals surface area contributed by atoms with Crippen LogP contribution in [-0.4, -0.2) is 6.36 Å². The molecule has 0 aliphatic heterocycles. The van der Waals surface area contributed by atoms with E-state index in [1.165, 1.54) is 0 Å². The maximum absolute atomic E-state index is 14.4. The van der Waals surface area contributed by atoms with Crippen molar-refractivity contribution in [2.45, 2.75) is 12.5 Å². The van der Waals surface area contributed by atoms with Gasteiger partial charge in [0.2, 0.25) is 0 Å². The Morgan fingerprint density at radius 1 is 0.594 bits per heavy atom. The lowest BCUT2D eigenvalue weighted by molar-refractivity contribution is -0.275. The highest BCUT2D eigenvalue weighted by molar-refractivity contribution is 5.65. The van der Waals surface area contributed by atoms with Crippen molar-refractivity contribution in [3.8, 4) is 22.6 Å². The normalized spacial score (nSPS) is 12.1. The summed E-state index contributed by atoms with van der Waals surface area (Å²) in [7, 11) is 0. The Morgan fingerprint density at radius 3 is 1.75 bits per heavy atom. The Labute approximate surface area is 172 Å². The molecular weight excluding hydrogens is 462 g/mol. The molecule has 0 atom stereocenters. The van der Waals surface area contributed by atoms with Gasteiger partial charge in [-0.1, -0.05) is 0 Å². The molecule has 3 aromatic carbocycles. The fraction of sp³-hybridized carbons (Fsp3) is 0.100. The highest BCUT2D eigenvalue weighted by Crippen LogP contribution is 2.38. The summed E-state index contributed by atoms with van der Waals surface area (Å²) < 4.78 is 142. The standard InChI is InChI=1S/C20H8F10O2/c21-10-1-3-12(13(22)7-10)9-5-15(24)18(16(25)6-9)19(26,27)31-11-2-4-17(14(23)8-11)32-20(28,29)30/h1-8H. The van der Waals surface area contributed by atoms with Gasteiger partial charge in [-0.15, -0.1) is 13.2 Å². The minimum absolute atomic E-state index is 0.0903. The van der Waals surface area contributed by atoms with E-state index in [1.807, 2.05) is 0 Å². The summed E-state index contributed by atoms with van der Waals surface area (Å²) >= 11 is 0. The predicted octanol–water partition coefficient (Wildman–Crippen LogP) is 7.08. The Bertz CT molecular complexity index is 1130. The van der Waals surface area contributed by atoms with E-state index in [0.717, 1.165) is 12.1 Å². The van der Waals surface area contributed by atoms with Gasteiger partial charge in [0.05, 0.1) is 0 Å². The summed E-state index contributed by atoms with van der Waals surface area (Å²) in [6.45, 7) is 0. The van der Waals surface area contributed by atoms with E-state index in [2.05, 4.69) is 9.47 Å². The molecule has 0 amide bonds. The first-order valence-corrected chi connectivity index (χ1v) is 8.34. The van der Waals surface area contributed by atoms with Crippen LogP contribution in [0.5, 0.6) is 11.5 Å². The molecule has 3 rings (SSSR count). The van der Waals surface area contributed by atoms with Gasteiger partial charge in [-0.05, 0) is 42.0 Å². The molecular formula is C20H8F10O2. The molecule has 3 aromatic rings. The highest BCUT2D eigenvalue weighted by Gasteiger charge is 2.41. The van der Waals surface area contributed by atoms with Crippen molar-refractivity contribution in [1.82, 2.24) is 0 Å². The minimum atomic E-state index is -5.26. The summed E-state index contributed by atoms with van der Waals surface area (Å²) in [6.07, 6.45) is -10.0. The van der Waals surface area contributed by atoms with Crippen LogP contribution in [0.15, 0.2) is 48.5 Å². The summed E-state index contributed by atoms with van der Waals surface area (Å²) in [5.74, 6) is -10.1. The number of halogens is 10. The number of hydrogen-bond acceptors (Lipinski definition) is 2. The van der Waals surface area contributed by atoms with Gasteiger partial charge in [0.1, 0.15) is 34.6 Å². The van der Waals surface area contributed by atoms with Crippen LogP contribution in [0.3, 0.4) is 0 Å². The Hall–Kier alpha value is -3.44. The molecule has 0 aromatic heterocycles. The monoisotopic (exact) mass is 470 g/mol. The van der Waals surface area contributed by atoms with Gasteiger partial charge in [0.25, 0.3) is 0 Å². The van der Waals surface area contributed by atoms with Crippen molar-refractivity contribution in [1.29, 1.82) is 0 Å². The summed E-state index contributed by atoms with van der Waals surface area (Å²) in [5.41, 5.74) is -2.95. The summed E-state index contributed by atoms with van der Waals surface area (Å²) in [5, 5.41) is 0. The van der Waals surface area contributed by atoms with Gasteiger partial charge >= 0.3 is 12.5 Å². The topological polar surface area (TPSA) is 18.5 Å². The fourth-order valence-corrected chi connectivity index (χ4v) is 2.68. The average Bonchev–Trinajstić information content (AvgIpc) is 2.61. The van der Waals surface area contributed by atoms with Crippen LogP contribution in [0, 0.1) is 29.1 Å². The molecule has 0 aliphatic rings. The maximum atomic E-state index is 14.4. The average molecular weight is 470 g/mol. The van der Waals surface area contributed by atoms with Crippen LogP contribution in [0.4, 0.5) is 43.9 Å². The van der Waals surface area contributed by atoms with Gasteiger partial charge in [0, 0.05) is 17.7 Å². The van der Waals surface area contributed by atoms with Crippen LogP contribution in [0.2, 0.25) is 0 Å². The second kappa shape index (κ2) is 8.24. The first-order valence-electron chi connectivity index (χ1n) is 8.34. The Balaban J connectivity index is 1.92. The van der Waals surface area contributed by atoms with E-state index in [9.17, 15) is 43.9 Å². The van der Waals surface area contributed by atoms with Crippen LogP contribution < -0.4 is 9.47 Å². The predicted molar refractivity (Wildman–Crippen MR) is 89.3 cm³/mol. The SMILES string of the molecule is Fc1ccc(-c2cc(F)c(C(F)(F)Oc3ccc(OC(F)(F)F)c(F)c3)c(F)c2)c(F)c1. The van der Waals surface area contributed by atoms with Crippen molar-refractivity contribution >= 4 is 0 Å². The number of ether oxygens (including phenoxy) is 2. The molecule has 0 spiro atoms. The molecule has 0 saturated heterocycles. The molecule has 0 saturated carbocycles. The van der Waals surface area contributed by atoms with Crippen LogP contribution in [0.25, 0.3) is 11.1 Å². The van der Waals surface area contributed by atoms with Gasteiger partial charge in [-0.3, -0.25) is 0 Å². The molecule has 0 radical (unpaired) electrons. The smallest absolute Gasteiger partial charge is 0.429 e. The molecule has 2 nitrogen and oxygen atoms in total. The van der Waals surface area contributed by atoms with Gasteiger partial charge in [0.15, 0.2) is 11.6 Å². The molecule has 0 N–H and O–H groups in total. The number of hydrogen-bond donors (Lipinski definition) is 0. The lowest BCUT2D eigenvalue weighted by Crippen LogP contribution is -2.25. The van der Waals surface area contributed by atoms with Crippen molar-refractivity contribution in [3.05, 3.63) is 83.2 Å². The van der Waals surface area contributed by atoms with Gasteiger partial charge in [-0.2, -0.15) is 8.78 Å². The third-order valence-electron chi connectivity index (χ3n) is 3.95. The third-order valence-corrected chi connectivity index (χ3v) is 3.95. The van der Waals surface area contributed by atoms with Gasteiger partial charge in [-0.25, -0.2) is 22.0 Å². The minimum Gasteiger partial charge on any atom is -0.429 e. The molecule has 0 fully saturated rings. The molecule has 0 bridgehead atoms. The molecule has 0 unspecified atom stereocenters. The molecule has 0 heterocycles. The largest absolute Gasteiger partial charge is 0.573 e. The quantitative estimate of drug-likeness (QED) is 0.371. The molecule has 170 valence electrons. The van der Waals surface area contributed by atoms with Crippen molar-refractivity contribution in [2.24, 2.45) is 0 Å². The fourth-order valence-electron chi connectivity index (χ4n) is 2.68. The lowest BCUT2D eigenvalue weighted by Gasteiger charge is -2.20. The summed E-state index contributed by atoms with van der Waals surface area (Å²) in [6, 6.07) is 3.57. The highest BCUT2D eigenvalue weighted by atomic mass is 19.4. The van der Waals surface area contributed by atoms with E-state index in [-0.39, 0.29) is 6.07 Å². The molecule has 0 aliphatic carbocycles. The van der Waals surface area contributed by atoms with Crippen LogP contribution >= 0.6 is 0 Å². The third kappa shape index (κ3) is 5.06. The van der Waals surface area contributed by atoms with E-state index < -0.39 is 69.7 Å². The second-order valence-electron chi connectivity index (χ2n) is 6.20. The zero-order valence-electron chi connectivity index (χ0n) is 15.2. The van der Waals surface area contributed by atoms with Crippen LogP contribution in [-0.2, 0) is 6.11 Å². The Morgan fingerprint density at radius 2 is 1.22 bits per heavy atom. The molecule has 32 heavy (non-hydrogen) atoms. The van der Waals surface area contributed by atoms with Crippen molar-refractivity contribution in [3.63, 3.8) is 0 Å². The van der Waals surface area contributed by atoms with E-state index in [1.54, 1.807) is 0 Å². The van der Waals surface area contributed by atoms with Crippen molar-refractivity contribution in [2.75, 3.05) is 0 Å². The second-order valence-corrected chi connectivity index (χ2v) is 6.20. The van der Waals surface area contributed by atoms with Crippen LogP contribution in [0.1, 0.15) is 5.56 Å². The number of rotatable bonds is 5. The zero-order valence-corrected chi connectivity index (χ0v) is 15.2. The van der Waals surface area contributed by atoms with E-state index >= 15 is 0 Å². The van der Waals surface area contributed by atoms with Gasteiger partial charge < -0.3 is 9.47 Å². The first kappa shape index (κ1) is 23.2. The van der Waals surface area contributed by atoms with E-state index in [0.29, 0.717) is 30.3 Å². The Kier molecular flexibility index (Phi) is 5.98. The number of benzene rings is 3. The van der Waals surface area contributed by atoms with Crippen molar-refractivity contribution < 1.29 is 53.4 Å². The summed E-state index contributed by atoms with van der Waals surface area (Å²) in [4.78, 5) is 0. The lowest BCUT2D eigenvalue weighted by atomic mass is 10.0. The molecule has 12 heteroatoms. The van der Waals surface area contributed by atoms with E-state index in [4.69, 9.17) is 0 Å².